The number of nitrogens with zero attached hydrogens (tertiary/aromatic N) is 1. The molecule has 5 nitrogen and oxygen atoms in total. The predicted octanol–water partition coefficient (Wildman–Crippen LogP) is 0.796. The minimum atomic E-state index is -0.914. The maximum atomic E-state index is 12.6. The molecule has 4 rings (SSSR count). The first kappa shape index (κ1) is 11.5. The molecule has 3 fully saturated rings. The standard InChI is InChI=1S/C14H17NO4/c16-12-11-10(13(17)18)9-5-6-14(11,19-9)7-15(12)8-3-1-2-4-8/h5-6,8-11H,1-4,7H2,(H,17,18)/t9-,10-,11-,14+/m0/s1. The zero-order valence-electron chi connectivity index (χ0n) is 10.6. The summed E-state index contributed by atoms with van der Waals surface area (Å²) in [6, 6.07) is 0.290. The first-order valence-corrected chi connectivity index (χ1v) is 7.03. The summed E-state index contributed by atoms with van der Waals surface area (Å²) in [7, 11) is 0. The molecule has 102 valence electrons. The average Bonchev–Trinajstić information content (AvgIpc) is 3.09. The Kier molecular flexibility index (Phi) is 2.17. The second-order valence-electron chi connectivity index (χ2n) is 6.14. The fourth-order valence-corrected chi connectivity index (χ4v) is 4.34. The molecule has 19 heavy (non-hydrogen) atoms. The lowest BCUT2D eigenvalue weighted by atomic mass is 9.77. The molecule has 5 heteroatoms. The van der Waals surface area contributed by atoms with Crippen LogP contribution in [-0.4, -0.2) is 46.2 Å². The number of hydrogen-bond donors (Lipinski definition) is 1. The van der Waals surface area contributed by atoms with Crippen LogP contribution in [-0.2, 0) is 14.3 Å². The number of aliphatic carboxylic acids is 1. The third-order valence-electron chi connectivity index (χ3n) is 5.18. The van der Waals surface area contributed by atoms with Gasteiger partial charge in [0.1, 0.15) is 11.5 Å². The Hall–Kier alpha value is -1.36. The Morgan fingerprint density at radius 2 is 2.16 bits per heavy atom. The minimum absolute atomic E-state index is 0.00819. The molecular formula is C14H17NO4. The van der Waals surface area contributed by atoms with Crippen molar-refractivity contribution in [1.82, 2.24) is 4.90 Å². The number of hydrogen-bond acceptors (Lipinski definition) is 3. The van der Waals surface area contributed by atoms with E-state index in [4.69, 9.17) is 4.74 Å². The van der Waals surface area contributed by atoms with E-state index in [9.17, 15) is 14.7 Å². The molecule has 3 heterocycles. The van der Waals surface area contributed by atoms with Crippen molar-refractivity contribution in [3.63, 3.8) is 0 Å². The van der Waals surface area contributed by atoms with Gasteiger partial charge in [-0.3, -0.25) is 9.59 Å². The first-order chi connectivity index (χ1) is 9.12. The number of ether oxygens (including phenoxy) is 1. The predicted molar refractivity (Wildman–Crippen MR) is 65.3 cm³/mol. The molecule has 4 atom stereocenters. The van der Waals surface area contributed by atoms with Crippen LogP contribution in [0.5, 0.6) is 0 Å². The summed E-state index contributed by atoms with van der Waals surface area (Å²) in [6.07, 6.45) is 7.73. The van der Waals surface area contributed by atoms with Gasteiger partial charge in [-0.05, 0) is 12.8 Å². The van der Waals surface area contributed by atoms with Crippen LogP contribution >= 0.6 is 0 Å². The lowest BCUT2D eigenvalue weighted by Gasteiger charge is -2.26. The van der Waals surface area contributed by atoms with E-state index in [0.717, 1.165) is 25.7 Å². The highest BCUT2D eigenvalue weighted by atomic mass is 16.5. The topological polar surface area (TPSA) is 66.8 Å². The number of amides is 1. The van der Waals surface area contributed by atoms with E-state index in [-0.39, 0.29) is 11.9 Å². The van der Waals surface area contributed by atoms with Crippen molar-refractivity contribution in [2.24, 2.45) is 11.8 Å². The van der Waals surface area contributed by atoms with Crippen LogP contribution in [0, 0.1) is 11.8 Å². The molecule has 1 aliphatic carbocycles. The summed E-state index contributed by atoms with van der Waals surface area (Å²) in [5.74, 6) is -2.14. The Bertz CT molecular complexity index is 482. The van der Waals surface area contributed by atoms with Gasteiger partial charge in [0, 0.05) is 6.04 Å². The Labute approximate surface area is 111 Å². The van der Waals surface area contributed by atoms with Crippen molar-refractivity contribution in [3.05, 3.63) is 12.2 Å². The molecule has 1 amide bonds. The Balaban J connectivity index is 1.69. The van der Waals surface area contributed by atoms with Crippen molar-refractivity contribution < 1.29 is 19.4 Å². The van der Waals surface area contributed by atoms with Gasteiger partial charge in [0.15, 0.2) is 0 Å². The molecular weight excluding hydrogens is 246 g/mol. The van der Waals surface area contributed by atoms with E-state index in [1.807, 2.05) is 17.1 Å². The molecule has 0 aromatic heterocycles. The molecule has 4 aliphatic rings. The first-order valence-electron chi connectivity index (χ1n) is 7.03. The second-order valence-corrected chi connectivity index (χ2v) is 6.14. The summed E-state index contributed by atoms with van der Waals surface area (Å²) >= 11 is 0. The molecule has 0 aromatic rings. The van der Waals surface area contributed by atoms with Gasteiger partial charge in [-0.25, -0.2) is 0 Å². The van der Waals surface area contributed by atoms with Crippen LogP contribution in [0.2, 0.25) is 0 Å². The van der Waals surface area contributed by atoms with Crippen molar-refractivity contribution in [3.8, 4) is 0 Å². The number of fused-ring (bicyclic) bond motifs is 1. The van der Waals surface area contributed by atoms with Crippen molar-refractivity contribution in [2.45, 2.75) is 43.4 Å². The highest BCUT2D eigenvalue weighted by molar-refractivity contribution is 5.91. The molecule has 0 aromatic carbocycles. The zero-order valence-corrected chi connectivity index (χ0v) is 10.6. The summed E-state index contributed by atoms with van der Waals surface area (Å²) < 4.78 is 5.86. The summed E-state index contributed by atoms with van der Waals surface area (Å²) in [5.41, 5.74) is -0.659. The highest BCUT2D eigenvalue weighted by Crippen LogP contribution is 2.52. The van der Waals surface area contributed by atoms with Crippen molar-refractivity contribution in [2.75, 3.05) is 6.54 Å². The maximum absolute atomic E-state index is 12.6. The fraction of sp³-hybridized carbons (Fsp3) is 0.714. The van der Waals surface area contributed by atoms with Gasteiger partial charge in [0.25, 0.3) is 0 Å². The average molecular weight is 263 g/mol. The monoisotopic (exact) mass is 263 g/mol. The molecule has 1 N–H and O–H groups in total. The maximum Gasteiger partial charge on any atom is 0.310 e. The minimum Gasteiger partial charge on any atom is -0.481 e. The van der Waals surface area contributed by atoms with E-state index in [1.165, 1.54) is 0 Å². The summed E-state index contributed by atoms with van der Waals surface area (Å²) in [6.45, 7) is 0.540. The smallest absolute Gasteiger partial charge is 0.310 e. The Morgan fingerprint density at radius 3 is 2.84 bits per heavy atom. The molecule has 1 saturated carbocycles. The van der Waals surface area contributed by atoms with Crippen LogP contribution in [0.4, 0.5) is 0 Å². The van der Waals surface area contributed by atoms with Crippen LogP contribution < -0.4 is 0 Å². The van der Waals surface area contributed by atoms with E-state index in [2.05, 4.69) is 0 Å². The number of carbonyl (C=O) groups excluding carboxylic acids is 1. The van der Waals surface area contributed by atoms with Crippen LogP contribution in [0.1, 0.15) is 25.7 Å². The number of carboxylic acids is 1. The second kappa shape index (κ2) is 3.60. The Morgan fingerprint density at radius 1 is 1.42 bits per heavy atom. The quantitative estimate of drug-likeness (QED) is 0.748. The third kappa shape index (κ3) is 1.34. The van der Waals surface area contributed by atoms with Gasteiger partial charge < -0.3 is 14.7 Å². The van der Waals surface area contributed by atoms with Gasteiger partial charge in [0.2, 0.25) is 5.91 Å². The zero-order chi connectivity index (χ0) is 13.2. The van der Waals surface area contributed by atoms with Gasteiger partial charge in [-0.15, -0.1) is 0 Å². The van der Waals surface area contributed by atoms with E-state index >= 15 is 0 Å². The van der Waals surface area contributed by atoms with Gasteiger partial charge in [-0.2, -0.15) is 0 Å². The van der Waals surface area contributed by atoms with Gasteiger partial charge >= 0.3 is 5.97 Å². The number of carboxylic acid groups (broad SMARTS) is 1. The normalized spacial score (nSPS) is 44.3. The lowest BCUT2D eigenvalue weighted by molar-refractivity contribution is -0.148. The third-order valence-corrected chi connectivity index (χ3v) is 5.18. The highest BCUT2D eigenvalue weighted by Gasteiger charge is 2.67. The molecule has 1 spiro atoms. The molecule has 2 saturated heterocycles. The molecule has 0 radical (unpaired) electrons. The lowest BCUT2D eigenvalue weighted by Crippen LogP contribution is -2.40. The number of carbonyl (C=O) groups is 2. The summed E-state index contributed by atoms with van der Waals surface area (Å²) in [5, 5.41) is 9.36. The fourth-order valence-electron chi connectivity index (χ4n) is 4.34. The summed E-state index contributed by atoms with van der Waals surface area (Å²) in [4.78, 5) is 25.9. The van der Waals surface area contributed by atoms with Crippen LogP contribution in [0.25, 0.3) is 0 Å². The molecule has 2 bridgehead atoms. The van der Waals surface area contributed by atoms with Crippen LogP contribution in [0.15, 0.2) is 12.2 Å². The van der Waals surface area contributed by atoms with Gasteiger partial charge in [0.05, 0.1) is 18.6 Å². The molecule has 3 aliphatic heterocycles. The van der Waals surface area contributed by atoms with Crippen LogP contribution in [0.3, 0.4) is 0 Å². The largest absolute Gasteiger partial charge is 0.481 e. The van der Waals surface area contributed by atoms with Crippen molar-refractivity contribution >= 4 is 11.9 Å². The molecule has 0 unspecified atom stereocenters. The van der Waals surface area contributed by atoms with E-state index < -0.39 is 29.5 Å². The van der Waals surface area contributed by atoms with E-state index in [1.54, 1.807) is 0 Å². The van der Waals surface area contributed by atoms with E-state index in [0.29, 0.717) is 6.54 Å². The van der Waals surface area contributed by atoms with Crippen molar-refractivity contribution in [1.29, 1.82) is 0 Å². The van der Waals surface area contributed by atoms with Gasteiger partial charge in [-0.1, -0.05) is 25.0 Å². The SMILES string of the molecule is O=C(O)[C@H]1[C@@H]2C=C[C@]3(CN(C4CCCC4)C(=O)[C@H]13)O2. The number of rotatable bonds is 2. The number of likely N-dealkylation sites (tertiary alicyclic amines) is 1.